The van der Waals surface area contributed by atoms with Gasteiger partial charge in [-0.05, 0) is 12.5 Å². The Hall–Kier alpha value is -2.13. The van der Waals surface area contributed by atoms with E-state index in [0.717, 1.165) is 4.57 Å². The molecule has 21 heavy (non-hydrogen) atoms. The molecule has 3 N–H and O–H groups in total. The van der Waals surface area contributed by atoms with Crippen LogP contribution in [-0.4, -0.2) is 45.1 Å². The van der Waals surface area contributed by atoms with Gasteiger partial charge in [-0.25, -0.2) is 4.79 Å². The van der Waals surface area contributed by atoms with Crippen molar-refractivity contribution in [3.05, 3.63) is 43.0 Å². The number of rotatable bonds is 4. The highest BCUT2D eigenvalue weighted by atomic mass is 16.5. The maximum absolute atomic E-state index is 11.8. The summed E-state index contributed by atoms with van der Waals surface area (Å²) in [5, 5.41) is 22.9. The molecule has 0 aliphatic carbocycles. The van der Waals surface area contributed by atoms with Crippen molar-refractivity contribution in [2.45, 2.75) is 25.4 Å². The molecule has 1 aliphatic rings. The molecule has 0 amide bonds. The fraction of sp³-hybridized carbons (Fsp3) is 0.636. The lowest BCUT2D eigenvalue weighted by atomic mass is 9.98. The monoisotopic (exact) mass is 297 g/mol. The Kier molecular flexibility index (Phi) is 4.43. The van der Waals surface area contributed by atoms with Crippen molar-refractivity contribution in [2.24, 2.45) is 11.0 Å². The summed E-state index contributed by atoms with van der Waals surface area (Å²) in [6, 6.07) is 0. The number of aryl methyl sites for hydroxylation is 1. The number of aliphatic hydroxyl groups excluding tert-OH is 2. The first-order valence-electron chi connectivity index (χ1n) is 6.27. The average Bonchev–Trinajstić information content (AvgIpc) is 2.77. The van der Waals surface area contributed by atoms with Crippen molar-refractivity contribution in [3.8, 4) is 0 Å². The topological polar surface area (TPSA) is 153 Å². The number of hydrogen-bond donors (Lipinski definition) is 3. The van der Waals surface area contributed by atoms with Crippen LogP contribution in [0.2, 0.25) is 0 Å². The molecular weight excluding hydrogens is 282 g/mol. The highest BCUT2D eigenvalue weighted by Gasteiger charge is 2.44. The van der Waals surface area contributed by atoms with Crippen LogP contribution in [0.3, 0.4) is 0 Å². The van der Waals surface area contributed by atoms with Gasteiger partial charge in [0.15, 0.2) is 6.23 Å². The standard InChI is InChI=1S/C11H15N5O5/c1-5-3-16(11(20)14-9(5)19)10-8(18)6(2-13-15-12)7(4-17)21-10/h3,6-8,10,17-18H,2,4H2,1H3,(H,14,19,20)/t6-,7-,8-,10-/m1/s1. The Morgan fingerprint density at radius 2 is 2.29 bits per heavy atom. The molecule has 4 atom stereocenters. The minimum absolute atomic E-state index is 0.0729. The molecule has 10 nitrogen and oxygen atoms in total. The molecule has 10 heteroatoms. The summed E-state index contributed by atoms with van der Waals surface area (Å²) in [4.78, 5) is 27.9. The van der Waals surface area contributed by atoms with E-state index in [9.17, 15) is 19.8 Å². The van der Waals surface area contributed by atoms with Crippen molar-refractivity contribution in [2.75, 3.05) is 13.2 Å². The fourth-order valence-electron chi connectivity index (χ4n) is 2.33. The van der Waals surface area contributed by atoms with Gasteiger partial charge in [0.2, 0.25) is 0 Å². The van der Waals surface area contributed by atoms with Gasteiger partial charge in [-0.2, -0.15) is 0 Å². The van der Waals surface area contributed by atoms with Gasteiger partial charge in [-0.1, -0.05) is 5.11 Å². The van der Waals surface area contributed by atoms with Crippen LogP contribution >= 0.6 is 0 Å². The highest BCUT2D eigenvalue weighted by molar-refractivity contribution is 5.03. The SMILES string of the molecule is Cc1cn([C@@H]2O[C@H](CO)[C@@H](CN=[N+]=[N-])[C@H]2O)c(=O)[nH]c1=O. The first-order valence-corrected chi connectivity index (χ1v) is 6.27. The van der Waals surface area contributed by atoms with Crippen molar-refractivity contribution in [1.82, 2.24) is 9.55 Å². The van der Waals surface area contributed by atoms with Gasteiger partial charge in [0, 0.05) is 29.1 Å². The first-order chi connectivity index (χ1) is 9.99. The number of nitrogens with zero attached hydrogens (tertiary/aromatic N) is 4. The number of azide groups is 1. The van der Waals surface area contributed by atoms with E-state index in [-0.39, 0.29) is 12.1 Å². The third-order valence-corrected chi connectivity index (χ3v) is 3.48. The molecule has 1 aliphatic heterocycles. The van der Waals surface area contributed by atoms with Crippen LogP contribution in [0, 0.1) is 12.8 Å². The quantitative estimate of drug-likeness (QED) is 0.370. The summed E-state index contributed by atoms with van der Waals surface area (Å²) in [7, 11) is 0. The van der Waals surface area contributed by atoms with Gasteiger partial charge in [0.25, 0.3) is 5.56 Å². The number of aromatic amines is 1. The van der Waals surface area contributed by atoms with Crippen LogP contribution in [0.5, 0.6) is 0 Å². The van der Waals surface area contributed by atoms with Crippen molar-refractivity contribution in [1.29, 1.82) is 0 Å². The molecule has 1 aromatic rings. The largest absolute Gasteiger partial charge is 0.394 e. The van der Waals surface area contributed by atoms with Crippen LogP contribution in [0.1, 0.15) is 11.8 Å². The highest BCUT2D eigenvalue weighted by Crippen LogP contribution is 2.33. The predicted octanol–water partition coefficient (Wildman–Crippen LogP) is -0.978. The molecule has 0 aromatic carbocycles. The molecule has 0 bridgehead atoms. The van der Waals surface area contributed by atoms with E-state index >= 15 is 0 Å². The normalized spacial score (nSPS) is 28.3. The maximum atomic E-state index is 11.8. The summed E-state index contributed by atoms with van der Waals surface area (Å²) < 4.78 is 6.51. The molecule has 0 spiro atoms. The number of hydrogen-bond acceptors (Lipinski definition) is 6. The zero-order valence-electron chi connectivity index (χ0n) is 11.2. The van der Waals surface area contributed by atoms with E-state index < -0.39 is 42.2 Å². The number of aliphatic hydroxyl groups is 2. The average molecular weight is 297 g/mol. The summed E-state index contributed by atoms with van der Waals surface area (Å²) in [6.45, 7) is 1.05. The Labute approximate surface area is 118 Å². The van der Waals surface area contributed by atoms with Gasteiger partial charge in [-0.15, -0.1) is 0 Å². The van der Waals surface area contributed by atoms with Gasteiger partial charge in [0.05, 0.1) is 12.7 Å². The smallest absolute Gasteiger partial charge is 0.330 e. The zero-order chi connectivity index (χ0) is 15.6. The number of H-pyrrole nitrogens is 1. The first kappa shape index (κ1) is 15.3. The second-order valence-corrected chi connectivity index (χ2v) is 4.79. The van der Waals surface area contributed by atoms with E-state index in [2.05, 4.69) is 15.0 Å². The Morgan fingerprint density at radius 1 is 1.57 bits per heavy atom. The van der Waals surface area contributed by atoms with Crippen molar-refractivity contribution >= 4 is 0 Å². The van der Waals surface area contributed by atoms with Crippen LogP contribution in [0.15, 0.2) is 20.9 Å². The van der Waals surface area contributed by atoms with E-state index in [1.54, 1.807) is 0 Å². The summed E-state index contributed by atoms with van der Waals surface area (Å²) >= 11 is 0. The second kappa shape index (κ2) is 6.10. The Bertz CT molecular complexity index is 676. The van der Waals surface area contributed by atoms with E-state index in [1.165, 1.54) is 13.1 Å². The molecule has 1 saturated heterocycles. The minimum Gasteiger partial charge on any atom is -0.394 e. The summed E-state index contributed by atoms with van der Waals surface area (Å²) in [5.41, 5.74) is 7.38. The number of nitrogens with one attached hydrogen (secondary N) is 1. The van der Waals surface area contributed by atoms with E-state index in [0.29, 0.717) is 0 Å². The molecule has 0 saturated carbocycles. The molecular formula is C11H15N5O5. The third-order valence-electron chi connectivity index (χ3n) is 3.48. The molecule has 0 unspecified atom stereocenters. The molecule has 114 valence electrons. The molecule has 0 radical (unpaired) electrons. The van der Waals surface area contributed by atoms with Crippen LogP contribution in [-0.2, 0) is 4.74 Å². The van der Waals surface area contributed by atoms with Gasteiger partial charge >= 0.3 is 5.69 Å². The van der Waals surface area contributed by atoms with Crippen LogP contribution < -0.4 is 11.2 Å². The van der Waals surface area contributed by atoms with Crippen molar-refractivity contribution < 1.29 is 14.9 Å². The van der Waals surface area contributed by atoms with Gasteiger partial charge in [0.1, 0.15) is 6.10 Å². The fourth-order valence-corrected chi connectivity index (χ4v) is 2.33. The van der Waals surface area contributed by atoms with Crippen LogP contribution in [0.4, 0.5) is 0 Å². The predicted molar refractivity (Wildman–Crippen MR) is 70.6 cm³/mol. The van der Waals surface area contributed by atoms with Gasteiger partial charge in [-0.3, -0.25) is 14.3 Å². The lowest BCUT2D eigenvalue weighted by Crippen LogP contribution is -2.37. The van der Waals surface area contributed by atoms with E-state index in [1.807, 2.05) is 0 Å². The van der Waals surface area contributed by atoms with Crippen molar-refractivity contribution in [3.63, 3.8) is 0 Å². The maximum Gasteiger partial charge on any atom is 0.330 e. The lowest BCUT2D eigenvalue weighted by Gasteiger charge is -2.18. The molecule has 1 fully saturated rings. The minimum atomic E-state index is -1.16. The molecule has 2 rings (SSSR count). The molecule has 2 heterocycles. The van der Waals surface area contributed by atoms with Gasteiger partial charge < -0.3 is 14.9 Å². The zero-order valence-corrected chi connectivity index (χ0v) is 11.2. The van der Waals surface area contributed by atoms with E-state index in [4.69, 9.17) is 10.3 Å². The lowest BCUT2D eigenvalue weighted by molar-refractivity contribution is -0.0536. The number of aromatic nitrogens is 2. The Morgan fingerprint density at radius 3 is 2.90 bits per heavy atom. The summed E-state index contributed by atoms with van der Waals surface area (Å²) in [5.74, 6) is -0.643. The number of ether oxygens (including phenoxy) is 1. The Balaban J connectivity index is 2.37. The summed E-state index contributed by atoms with van der Waals surface area (Å²) in [6.07, 6.45) is -1.71. The van der Waals surface area contributed by atoms with Crippen LogP contribution in [0.25, 0.3) is 10.4 Å². The second-order valence-electron chi connectivity index (χ2n) is 4.79. The third kappa shape index (κ3) is 2.83. The molecule has 1 aromatic heterocycles.